The SMILES string of the molecule is C[C@H](c1cccc2ccccc12)N(C)C(=O)C1CCC(O)CC1. The smallest absolute Gasteiger partial charge is 0.225 e. The molecule has 1 aliphatic carbocycles. The highest BCUT2D eigenvalue weighted by molar-refractivity contribution is 5.87. The fourth-order valence-electron chi connectivity index (χ4n) is 3.63. The summed E-state index contributed by atoms with van der Waals surface area (Å²) in [5.41, 5.74) is 1.19. The van der Waals surface area contributed by atoms with E-state index in [9.17, 15) is 9.90 Å². The molecule has 0 aromatic heterocycles. The third-order valence-electron chi connectivity index (χ3n) is 5.25. The molecule has 1 saturated carbocycles. The molecule has 0 bridgehead atoms. The van der Waals surface area contributed by atoms with Gasteiger partial charge in [0.25, 0.3) is 0 Å². The largest absolute Gasteiger partial charge is 0.393 e. The molecule has 0 radical (unpaired) electrons. The maximum atomic E-state index is 12.8. The summed E-state index contributed by atoms with van der Waals surface area (Å²) >= 11 is 0. The second-order valence-corrected chi connectivity index (χ2v) is 6.70. The third-order valence-corrected chi connectivity index (χ3v) is 5.25. The number of carbonyl (C=O) groups is 1. The second-order valence-electron chi connectivity index (χ2n) is 6.70. The average Bonchev–Trinajstić information content (AvgIpc) is 2.60. The van der Waals surface area contributed by atoms with Crippen molar-refractivity contribution >= 4 is 16.7 Å². The number of hydrogen-bond donors (Lipinski definition) is 1. The number of benzene rings is 2. The molecular formula is C20H25NO2. The van der Waals surface area contributed by atoms with E-state index in [1.165, 1.54) is 16.3 Å². The molecule has 2 aromatic rings. The monoisotopic (exact) mass is 311 g/mol. The standard InChI is InChI=1S/C20H25NO2/c1-14(18-9-5-7-15-6-3-4-8-19(15)18)21(2)20(23)16-10-12-17(22)13-11-16/h3-9,14,16-17,22H,10-13H2,1-2H3/t14-,16?,17?/m1/s1. The van der Waals surface area contributed by atoms with Gasteiger partial charge in [-0.05, 0) is 48.9 Å². The molecule has 1 N–H and O–H groups in total. The molecule has 0 unspecified atom stereocenters. The van der Waals surface area contributed by atoms with Crippen LogP contribution in [0.25, 0.3) is 10.8 Å². The van der Waals surface area contributed by atoms with E-state index in [-0.39, 0.29) is 24.0 Å². The molecule has 3 heteroatoms. The average molecular weight is 311 g/mol. The van der Waals surface area contributed by atoms with Crippen LogP contribution in [0.15, 0.2) is 42.5 Å². The minimum absolute atomic E-state index is 0.0421. The molecule has 1 fully saturated rings. The Bertz CT molecular complexity index is 684. The molecule has 0 aliphatic heterocycles. The molecule has 0 spiro atoms. The van der Waals surface area contributed by atoms with Crippen LogP contribution in [0.5, 0.6) is 0 Å². The normalized spacial score (nSPS) is 22.7. The van der Waals surface area contributed by atoms with E-state index < -0.39 is 0 Å². The topological polar surface area (TPSA) is 40.5 Å². The van der Waals surface area contributed by atoms with Crippen molar-refractivity contribution in [2.75, 3.05) is 7.05 Å². The lowest BCUT2D eigenvalue weighted by atomic mass is 9.86. The fourth-order valence-corrected chi connectivity index (χ4v) is 3.63. The third kappa shape index (κ3) is 3.25. The van der Waals surface area contributed by atoms with Crippen molar-refractivity contribution in [1.82, 2.24) is 4.90 Å². The molecule has 3 rings (SSSR count). The maximum absolute atomic E-state index is 12.8. The summed E-state index contributed by atoms with van der Waals surface area (Å²) in [5, 5.41) is 12.0. The van der Waals surface area contributed by atoms with Gasteiger partial charge in [0.2, 0.25) is 5.91 Å². The zero-order chi connectivity index (χ0) is 16.4. The number of aliphatic hydroxyl groups excluding tert-OH is 1. The van der Waals surface area contributed by atoms with Crippen molar-refractivity contribution < 1.29 is 9.90 Å². The number of carbonyl (C=O) groups excluding carboxylic acids is 1. The maximum Gasteiger partial charge on any atom is 0.225 e. The molecule has 1 atom stereocenters. The highest BCUT2D eigenvalue weighted by Crippen LogP contribution is 2.31. The molecule has 2 aromatic carbocycles. The minimum atomic E-state index is -0.222. The Morgan fingerprint density at radius 1 is 1.09 bits per heavy atom. The quantitative estimate of drug-likeness (QED) is 0.933. The van der Waals surface area contributed by atoms with E-state index in [1.54, 1.807) is 0 Å². The first-order valence-electron chi connectivity index (χ1n) is 8.50. The molecule has 1 amide bonds. The zero-order valence-electron chi connectivity index (χ0n) is 13.9. The van der Waals surface area contributed by atoms with Crippen LogP contribution in [0, 0.1) is 5.92 Å². The Hall–Kier alpha value is -1.87. The van der Waals surface area contributed by atoms with Crippen LogP contribution in [0.1, 0.15) is 44.2 Å². The van der Waals surface area contributed by atoms with Crippen LogP contribution in [-0.2, 0) is 4.79 Å². The van der Waals surface area contributed by atoms with E-state index in [0.717, 1.165) is 25.7 Å². The summed E-state index contributed by atoms with van der Waals surface area (Å²) in [7, 11) is 1.90. The number of nitrogens with zero attached hydrogens (tertiary/aromatic N) is 1. The van der Waals surface area contributed by atoms with Gasteiger partial charge in [-0.1, -0.05) is 42.5 Å². The predicted molar refractivity (Wildman–Crippen MR) is 93.1 cm³/mol. The van der Waals surface area contributed by atoms with Crippen LogP contribution in [0.4, 0.5) is 0 Å². The van der Waals surface area contributed by atoms with Crippen molar-refractivity contribution in [2.24, 2.45) is 5.92 Å². The lowest BCUT2D eigenvalue weighted by Gasteiger charge is -2.32. The minimum Gasteiger partial charge on any atom is -0.393 e. The summed E-state index contributed by atoms with van der Waals surface area (Å²) in [5.74, 6) is 0.262. The van der Waals surface area contributed by atoms with Crippen molar-refractivity contribution in [1.29, 1.82) is 0 Å². The summed E-state index contributed by atoms with van der Waals surface area (Å²) in [6, 6.07) is 14.6. The highest BCUT2D eigenvalue weighted by atomic mass is 16.3. The Morgan fingerprint density at radius 3 is 2.48 bits per heavy atom. The van der Waals surface area contributed by atoms with Gasteiger partial charge in [0.1, 0.15) is 0 Å². The fraction of sp³-hybridized carbons (Fsp3) is 0.450. The van der Waals surface area contributed by atoms with Gasteiger partial charge in [-0.15, -0.1) is 0 Å². The van der Waals surface area contributed by atoms with Crippen LogP contribution >= 0.6 is 0 Å². The lowest BCUT2D eigenvalue weighted by molar-refractivity contribution is -0.137. The molecular weight excluding hydrogens is 286 g/mol. The van der Waals surface area contributed by atoms with Gasteiger partial charge in [0, 0.05) is 13.0 Å². The van der Waals surface area contributed by atoms with E-state index >= 15 is 0 Å². The summed E-state index contributed by atoms with van der Waals surface area (Å²) in [6.07, 6.45) is 2.86. The Kier molecular flexibility index (Phi) is 4.67. The van der Waals surface area contributed by atoms with Gasteiger partial charge in [0.15, 0.2) is 0 Å². The van der Waals surface area contributed by atoms with Crippen molar-refractivity contribution in [2.45, 2.75) is 44.8 Å². The summed E-state index contributed by atoms with van der Waals surface area (Å²) in [4.78, 5) is 14.7. The van der Waals surface area contributed by atoms with Crippen LogP contribution in [0.3, 0.4) is 0 Å². The van der Waals surface area contributed by atoms with Crippen LogP contribution in [0.2, 0.25) is 0 Å². The molecule has 3 nitrogen and oxygen atoms in total. The Balaban J connectivity index is 1.81. The number of amides is 1. The van der Waals surface area contributed by atoms with Gasteiger partial charge in [-0.25, -0.2) is 0 Å². The first-order chi connectivity index (χ1) is 11.1. The summed E-state index contributed by atoms with van der Waals surface area (Å²) < 4.78 is 0. The van der Waals surface area contributed by atoms with E-state index in [1.807, 2.05) is 24.1 Å². The lowest BCUT2D eigenvalue weighted by Crippen LogP contribution is -2.37. The molecule has 0 heterocycles. The van der Waals surface area contributed by atoms with Gasteiger partial charge in [0.05, 0.1) is 12.1 Å². The number of aliphatic hydroxyl groups is 1. The van der Waals surface area contributed by atoms with Crippen molar-refractivity contribution in [3.05, 3.63) is 48.0 Å². The molecule has 0 saturated heterocycles. The molecule has 1 aliphatic rings. The van der Waals surface area contributed by atoms with E-state index in [2.05, 4.69) is 37.3 Å². The molecule has 23 heavy (non-hydrogen) atoms. The predicted octanol–water partition coefficient (Wildman–Crippen LogP) is 3.91. The second kappa shape index (κ2) is 6.71. The summed E-state index contributed by atoms with van der Waals surface area (Å²) in [6.45, 7) is 2.09. The van der Waals surface area contributed by atoms with Gasteiger partial charge in [-0.2, -0.15) is 0 Å². The Labute approximate surface area is 137 Å². The van der Waals surface area contributed by atoms with Crippen molar-refractivity contribution in [3.8, 4) is 0 Å². The first kappa shape index (κ1) is 16.0. The zero-order valence-corrected chi connectivity index (χ0v) is 13.9. The number of fused-ring (bicyclic) bond motifs is 1. The van der Waals surface area contributed by atoms with Crippen LogP contribution < -0.4 is 0 Å². The van der Waals surface area contributed by atoms with Gasteiger partial charge >= 0.3 is 0 Å². The number of rotatable bonds is 3. The highest BCUT2D eigenvalue weighted by Gasteiger charge is 2.29. The van der Waals surface area contributed by atoms with Gasteiger partial charge < -0.3 is 10.0 Å². The van der Waals surface area contributed by atoms with E-state index in [0.29, 0.717) is 0 Å². The Morgan fingerprint density at radius 2 is 1.74 bits per heavy atom. The van der Waals surface area contributed by atoms with Crippen molar-refractivity contribution in [3.63, 3.8) is 0 Å². The van der Waals surface area contributed by atoms with E-state index in [4.69, 9.17) is 0 Å². The molecule has 122 valence electrons. The van der Waals surface area contributed by atoms with Gasteiger partial charge in [-0.3, -0.25) is 4.79 Å². The number of hydrogen-bond acceptors (Lipinski definition) is 2. The first-order valence-corrected chi connectivity index (χ1v) is 8.50. The van der Waals surface area contributed by atoms with Crippen LogP contribution in [-0.4, -0.2) is 29.1 Å².